The number of hydrogen-bond donors (Lipinski definition) is 1. The molecule has 4 heteroatoms. The van der Waals surface area contributed by atoms with Crippen LogP contribution in [0.25, 0.3) is 0 Å². The molecular formula is C12H19N3O. The zero-order valence-electron chi connectivity index (χ0n) is 9.83. The van der Waals surface area contributed by atoms with Crippen LogP contribution in [0.5, 0.6) is 0 Å². The van der Waals surface area contributed by atoms with Crippen molar-refractivity contribution in [3.05, 3.63) is 17.6 Å². The van der Waals surface area contributed by atoms with Crippen LogP contribution in [-0.2, 0) is 17.6 Å². The molecule has 1 aromatic rings. The Balaban J connectivity index is 2.11. The van der Waals surface area contributed by atoms with Gasteiger partial charge in [-0.3, -0.25) is 0 Å². The Morgan fingerprint density at radius 3 is 3.00 bits per heavy atom. The number of rotatable bonds is 4. The van der Waals surface area contributed by atoms with Crippen LogP contribution in [0, 0.1) is 0 Å². The highest BCUT2D eigenvalue weighted by molar-refractivity contribution is 5.46. The fourth-order valence-corrected chi connectivity index (χ4v) is 2.12. The lowest BCUT2D eigenvalue weighted by Crippen LogP contribution is -2.12. The van der Waals surface area contributed by atoms with Crippen molar-refractivity contribution < 1.29 is 4.74 Å². The Kier molecular flexibility index (Phi) is 4.10. The van der Waals surface area contributed by atoms with Gasteiger partial charge in [-0.25, -0.2) is 9.97 Å². The molecule has 0 aromatic carbocycles. The Morgan fingerprint density at radius 2 is 2.12 bits per heavy atom. The van der Waals surface area contributed by atoms with E-state index < -0.39 is 0 Å². The van der Waals surface area contributed by atoms with Gasteiger partial charge < -0.3 is 10.1 Å². The molecule has 0 saturated heterocycles. The summed E-state index contributed by atoms with van der Waals surface area (Å²) in [6.45, 7) is 1.51. The molecule has 0 radical (unpaired) electrons. The van der Waals surface area contributed by atoms with Crippen LogP contribution < -0.4 is 5.32 Å². The maximum absolute atomic E-state index is 5.03. The van der Waals surface area contributed by atoms with Crippen molar-refractivity contribution in [2.45, 2.75) is 32.1 Å². The minimum atomic E-state index is 0.707. The second kappa shape index (κ2) is 5.80. The summed E-state index contributed by atoms with van der Waals surface area (Å²) < 4.78 is 5.03. The van der Waals surface area contributed by atoms with E-state index in [-0.39, 0.29) is 0 Å². The van der Waals surface area contributed by atoms with E-state index in [1.165, 1.54) is 30.5 Å². The third-order valence-electron chi connectivity index (χ3n) is 2.97. The van der Waals surface area contributed by atoms with Gasteiger partial charge in [-0.1, -0.05) is 6.42 Å². The molecule has 2 rings (SSSR count). The highest BCUT2D eigenvalue weighted by Gasteiger charge is 2.13. The van der Waals surface area contributed by atoms with Crippen molar-refractivity contribution in [1.29, 1.82) is 0 Å². The first-order valence-electron chi connectivity index (χ1n) is 5.97. The smallest absolute Gasteiger partial charge is 0.132 e. The highest BCUT2D eigenvalue weighted by atomic mass is 16.5. The van der Waals surface area contributed by atoms with Gasteiger partial charge in [0.15, 0.2) is 0 Å². The van der Waals surface area contributed by atoms with Gasteiger partial charge in [0.2, 0.25) is 0 Å². The highest BCUT2D eigenvalue weighted by Crippen LogP contribution is 2.23. The minimum Gasteiger partial charge on any atom is -0.383 e. The topological polar surface area (TPSA) is 47.0 Å². The van der Waals surface area contributed by atoms with Crippen LogP contribution in [0.4, 0.5) is 5.82 Å². The van der Waals surface area contributed by atoms with Crippen LogP contribution in [0.2, 0.25) is 0 Å². The molecule has 0 spiro atoms. The van der Waals surface area contributed by atoms with Crippen LogP contribution in [0.1, 0.15) is 30.5 Å². The number of ether oxygens (including phenoxy) is 1. The van der Waals surface area contributed by atoms with E-state index >= 15 is 0 Å². The van der Waals surface area contributed by atoms with Gasteiger partial charge in [0, 0.05) is 24.9 Å². The molecular weight excluding hydrogens is 202 g/mol. The third-order valence-corrected chi connectivity index (χ3v) is 2.97. The Hall–Kier alpha value is -1.16. The molecule has 0 atom stereocenters. The standard InChI is InChI=1S/C12H19N3O/c1-16-8-7-13-12-10-5-3-2-4-6-11(10)14-9-15-12/h9H,2-8H2,1H3,(H,13,14,15). The molecule has 0 unspecified atom stereocenters. The lowest BCUT2D eigenvalue weighted by Gasteiger charge is -2.11. The predicted octanol–water partition coefficient (Wildman–Crippen LogP) is 1.80. The molecule has 88 valence electrons. The maximum Gasteiger partial charge on any atom is 0.132 e. The van der Waals surface area contributed by atoms with Gasteiger partial charge >= 0.3 is 0 Å². The van der Waals surface area contributed by atoms with Gasteiger partial charge in [0.1, 0.15) is 12.1 Å². The first kappa shape index (κ1) is 11.3. The van der Waals surface area contributed by atoms with Crippen molar-refractivity contribution in [1.82, 2.24) is 9.97 Å². The fraction of sp³-hybridized carbons (Fsp3) is 0.667. The van der Waals surface area contributed by atoms with Crippen molar-refractivity contribution >= 4 is 5.82 Å². The summed E-state index contributed by atoms with van der Waals surface area (Å²) in [5.74, 6) is 1.00. The summed E-state index contributed by atoms with van der Waals surface area (Å²) >= 11 is 0. The molecule has 1 N–H and O–H groups in total. The van der Waals surface area contributed by atoms with Crippen LogP contribution in [0.15, 0.2) is 6.33 Å². The molecule has 0 bridgehead atoms. The molecule has 1 heterocycles. The number of aryl methyl sites for hydroxylation is 1. The molecule has 16 heavy (non-hydrogen) atoms. The molecule has 1 aromatic heterocycles. The lowest BCUT2D eigenvalue weighted by molar-refractivity contribution is 0.210. The number of anilines is 1. The predicted molar refractivity (Wildman–Crippen MR) is 63.7 cm³/mol. The summed E-state index contributed by atoms with van der Waals surface area (Å²) in [6.07, 6.45) is 7.66. The van der Waals surface area contributed by atoms with E-state index in [4.69, 9.17) is 4.74 Å². The van der Waals surface area contributed by atoms with E-state index in [1.807, 2.05) is 0 Å². The summed E-state index contributed by atoms with van der Waals surface area (Å²) in [5, 5.41) is 3.33. The molecule has 0 aliphatic heterocycles. The van der Waals surface area contributed by atoms with E-state index in [2.05, 4.69) is 15.3 Å². The Bertz CT molecular complexity index is 341. The first-order valence-corrected chi connectivity index (χ1v) is 5.97. The summed E-state index contributed by atoms with van der Waals surface area (Å²) in [6, 6.07) is 0. The van der Waals surface area contributed by atoms with Gasteiger partial charge in [-0.05, 0) is 25.7 Å². The van der Waals surface area contributed by atoms with Crippen molar-refractivity contribution in [2.75, 3.05) is 25.6 Å². The van der Waals surface area contributed by atoms with E-state index in [0.29, 0.717) is 6.61 Å². The number of aromatic nitrogens is 2. The number of methoxy groups -OCH3 is 1. The van der Waals surface area contributed by atoms with Crippen LogP contribution in [0.3, 0.4) is 0 Å². The minimum absolute atomic E-state index is 0.707. The summed E-state index contributed by atoms with van der Waals surface area (Å²) in [7, 11) is 1.71. The average Bonchev–Trinajstić information content (AvgIpc) is 2.55. The zero-order chi connectivity index (χ0) is 11.2. The summed E-state index contributed by atoms with van der Waals surface area (Å²) in [5.41, 5.74) is 2.54. The van der Waals surface area contributed by atoms with Gasteiger partial charge in [0.25, 0.3) is 0 Å². The van der Waals surface area contributed by atoms with Gasteiger partial charge in [0.05, 0.1) is 6.61 Å². The van der Waals surface area contributed by atoms with E-state index in [9.17, 15) is 0 Å². The van der Waals surface area contributed by atoms with Gasteiger partial charge in [-0.15, -0.1) is 0 Å². The zero-order valence-corrected chi connectivity index (χ0v) is 9.83. The average molecular weight is 221 g/mol. The van der Waals surface area contributed by atoms with Crippen LogP contribution in [-0.4, -0.2) is 30.2 Å². The van der Waals surface area contributed by atoms with Crippen molar-refractivity contribution in [2.24, 2.45) is 0 Å². The second-order valence-corrected chi connectivity index (χ2v) is 4.13. The number of nitrogens with zero attached hydrogens (tertiary/aromatic N) is 2. The molecule has 0 saturated carbocycles. The van der Waals surface area contributed by atoms with E-state index in [0.717, 1.165) is 25.2 Å². The van der Waals surface area contributed by atoms with Crippen LogP contribution >= 0.6 is 0 Å². The first-order chi connectivity index (χ1) is 7.92. The number of fused-ring (bicyclic) bond motifs is 1. The molecule has 1 aliphatic rings. The largest absolute Gasteiger partial charge is 0.383 e. The van der Waals surface area contributed by atoms with Gasteiger partial charge in [-0.2, -0.15) is 0 Å². The SMILES string of the molecule is COCCNc1ncnc2c1CCCCC2. The molecule has 0 amide bonds. The monoisotopic (exact) mass is 221 g/mol. The summed E-state index contributed by atoms with van der Waals surface area (Å²) in [4.78, 5) is 8.71. The molecule has 4 nitrogen and oxygen atoms in total. The molecule has 1 aliphatic carbocycles. The quantitative estimate of drug-likeness (QED) is 0.622. The number of hydrogen-bond acceptors (Lipinski definition) is 4. The maximum atomic E-state index is 5.03. The second-order valence-electron chi connectivity index (χ2n) is 4.13. The van der Waals surface area contributed by atoms with Crippen molar-refractivity contribution in [3.63, 3.8) is 0 Å². The van der Waals surface area contributed by atoms with E-state index in [1.54, 1.807) is 13.4 Å². The normalized spacial score (nSPS) is 15.3. The lowest BCUT2D eigenvalue weighted by atomic mass is 10.1. The fourth-order valence-electron chi connectivity index (χ4n) is 2.12. The molecule has 0 fully saturated rings. The number of nitrogens with one attached hydrogen (secondary N) is 1. The Labute approximate surface area is 96.4 Å². The Morgan fingerprint density at radius 1 is 1.25 bits per heavy atom. The third kappa shape index (κ3) is 2.70. The van der Waals surface area contributed by atoms with Crippen molar-refractivity contribution in [3.8, 4) is 0 Å².